The van der Waals surface area contributed by atoms with Gasteiger partial charge in [0, 0.05) is 11.8 Å². The van der Waals surface area contributed by atoms with Gasteiger partial charge in [-0.1, -0.05) is 32.4 Å². The first-order valence-electron chi connectivity index (χ1n) is 7.41. The maximum absolute atomic E-state index is 13.1. The van der Waals surface area contributed by atoms with Crippen LogP contribution in [0.2, 0.25) is 0 Å². The summed E-state index contributed by atoms with van der Waals surface area (Å²) in [6, 6.07) is 6.28. The Morgan fingerprint density at radius 3 is 2.62 bits per heavy atom. The average molecular weight is 310 g/mol. The molecule has 3 atom stereocenters. The largest absolute Gasteiger partial charge is 0.320 e. The third-order valence-electron chi connectivity index (χ3n) is 3.87. The van der Waals surface area contributed by atoms with Crippen LogP contribution in [-0.2, 0) is 4.79 Å². The molecule has 3 unspecified atom stereocenters. The van der Waals surface area contributed by atoms with Gasteiger partial charge in [-0.2, -0.15) is 11.8 Å². The predicted octanol–water partition coefficient (Wildman–Crippen LogP) is 3.18. The van der Waals surface area contributed by atoms with Gasteiger partial charge in [-0.25, -0.2) is 4.39 Å². The molecule has 1 heterocycles. The van der Waals surface area contributed by atoms with Gasteiger partial charge in [-0.3, -0.25) is 10.1 Å². The predicted molar refractivity (Wildman–Crippen MR) is 85.7 cm³/mol. The molecule has 1 saturated heterocycles. The summed E-state index contributed by atoms with van der Waals surface area (Å²) in [5.74, 6) is -0.0933. The second kappa shape index (κ2) is 7.27. The smallest absolute Gasteiger partial charge is 0.241 e. The quantitative estimate of drug-likeness (QED) is 0.876. The minimum atomic E-state index is -0.253. The van der Waals surface area contributed by atoms with Crippen LogP contribution in [0.25, 0.3) is 0 Å². The first kappa shape index (κ1) is 16.3. The Morgan fingerprint density at radius 2 is 2.05 bits per heavy atom. The summed E-state index contributed by atoms with van der Waals surface area (Å²) in [5, 5.41) is 3.78. The minimum Gasteiger partial charge on any atom is -0.320 e. The summed E-state index contributed by atoms with van der Waals surface area (Å²) < 4.78 is 13.1. The average Bonchev–Trinajstić information content (AvgIpc) is 2.78. The Kier molecular flexibility index (Phi) is 5.65. The van der Waals surface area contributed by atoms with E-state index in [4.69, 9.17) is 0 Å². The monoisotopic (exact) mass is 310 g/mol. The first-order chi connectivity index (χ1) is 10.1. The number of nitrogens with zero attached hydrogens (tertiary/aromatic N) is 1. The number of hydrogen-bond acceptors (Lipinski definition) is 3. The molecule has 1 aliphatic rings. The van der Waals surface area contributed by atoms with E-state index in [0.717, 1.165) is 18.4 Å². The standard InChI is InChI=1S/C16H23FN2OS/c1-4-5-14-16(20)19(10-11(2)21-3)15(18-14)12-6-8-13(17)9-7-12/h6-9,11,14-15,18H,4-5,10H2,1-3H3. The van der Waals surface area contributed by atoms with Gasteiger partial charge in [-0.15, -0.1) is 0 Å². The zero-order valence-electron chi connectivity index (χ0n) is 12.8. The van der Waals surface area contributed by atoms with E-state index in [1.54, 1.807) is 23.9 Å². The van der Waals surface area contributed by atoms with Gasteiger partial charge in [0.1, 0.15) is 12.0 Å². The van der Waals surface area contributed by atoms with Crippen molar-refractivity contribution in [2.45, 2.75) is 44.1 Å². The Bertz CT molecular complexity index is 480. The molecular formula is C16H23FN2OS. The fourth-order valence-corrected chi connectivity index (χ4v) is 2.95. The lowest BCUT2D eigenvalue weighted by Gasteiger charge is -2.26. The molecule has 2 rings (SSSR count). The topological polar surface area (TPSA) is 32.3 Å². The Morgan fingerprint density at radius 1 is 1.38 bits per heavy atom. The van der Waals surface area contributed by atoms with Crippen LogP contribution < -0.4 is 5.32 Å². The van der Waals surface area contributed by atoms with Crippen LogP contribution in [0.3, 0.4) is 0 Å². The molecule has 1 fully saturated rings. The van der Waals surface area contributed by atoms with Crippen molar-refractivity contribution < 1.29 is 9.18 Å². The van der Waals surface area contributed by atoms with E-state index in [2.05, 4.69) is 25.4 Å². The van der Waals surface area contributed by atoms with Crippen LogP contribution in [0.15, 0.2) is 24.3 Å². The molecule has 0 aromatic heterocycles. The number of carbonyl (C=O) groups excluding carboxylic acids is 1. The van der Waals surface area contributed by atoms with Crippen LogP contribution in [-0.4, -0.2) is 34.9 Å². The van der Waals surface area contributed by atoms with Crippen molar-refractivity contribution in [3.05, 3.63) is 35.6 Å². The highest BCUT2D eigenvalue weighted by molar-refractivity contribution is 7.99. The molecule has 5 heteroatoms. The van der Waals surface area contributed by atoms with E-state index in [0.29, 0.717) is 11.8 Å². The lowest BCUT2D eigenvalue weighted by molar-refractivity contribution is -0.130. The summed E-state index contributed by atoms with van der Waals surface area (Å²) in [6.07, 6.45) is 3.70. The molecule has 0 aliphatic carbocycles. The van der Waals surface area contributed by atoms with Gasteiger partial charge in [0.25, 0.3) is 0 Å². The fourth-order valence-electron chi connectivity index (χ4n) is 2.64. The van der Waals surface area contributed by atoms with Gasteiger partial charge >= 0.3 is 0 Å². The first-order valence-corrected chi connectivity index (χ1v) is 8.70. The van der Waals surface area contributed by atoms with Gasteiger partial charge in [-0.05, 0) is 30.4 Å². The highest BCUT2D eigenvalue weighted by atomic mass is 32.2. The highest BCUT2D eigenvalue weighted by Crippen LogP contribution is 2.28. The maximum atomic E-state index is 13.1. The number of halogens is 1. The van der Waals surface area contributed by atoms with Gasteiger partial charge in [0.15, 0.2) is 0 Å². The molecule has 21 heavy (non-hydrogen) atoms. The summed E-state index contributed by atoms with van der Waals surface area (Å²) in [5.41, 5.74) is 0.941. The molecule has 0 radical (unpaired) electrons. The lowest BCUT2D eigenvalue weighted by Crippen LogP contribution is -2.35. The Balaban J connectivity index is 2.22. The number of amides is 1. The molecule has 116 valence electrons. The SMILES string of the molecule is CCCC1NC(c2ccc(F)cc2)N(CC(C)SC)C1=O. The number of benzene rings is 1. The Hall–Kier alpha value is -1.07. The van der Waals surface area contributed by atoms with Crippen molar-refractivity contribution in [2.75, 3.05) is 12.8 Å². The van der Waals surface area contributed by atoms with Crippen molar-refractivity contribution in [2.24, 2.45) is 0 Å². The van der Waals surface area contributed by atoms with Crippen molar-refractivity contribution in [3.63, 3.8) is 0 Å². The maximum Gasteiger partial charge on any atom is 0.241 e. The fraction of sp³-hybridized carbons (Fsp3) is 0.562. The van der Waals surface area contributed by atoms with E-state index < -0.39 is 0 Å². The molecule has 1 aromatic carbocycles. The Labute approximate surface area is 130 Å². The molecule has 1 N–H and O–H groups in total. The zero-order chi connectivity index (χ0) is 15.4. The third kappa shape index (κ3) is 3.77. The van der Waals surface area contributed by atoms with Gasteiger partial charge in [0.2, 0.25) is 5.91 Å². The van der Waals surface area contributed by atoms with Gasteiger partial charge < -0.3 is 4.90 Å². The second-order valence-corrected chi connectivity index (χ2v) is 6.78. The van der Waals surface area contributed by atoms with Crippen LogP contribution >= 0.6 is 11.8 Å². The van der Waals surface area contributed by atoms with Crippen LogP contribution in [0, 0.1) is 5.82 Å². The van der Waals surface area contributed by atoms with Crippen LogP contribution in [0.4, 0.5) is 4.39 Å². The van der Waals surface area contributed by atoms with E-state index in [-0.39, 0.29) is 23.9 Å². The van der Waals surface area contributed by atoms with Crippen molar-refractivity contribution in [3.8, 4) is 0 Å². The van der Waals surface area contributed by atoms with Crippen molar-refractivity contribution >= 4 is 17.7 Å². The molecule has 0 bridgehead atoms. The number of rotatable bonds is 6. The molecule has 1 aliphatic heterocycles. The zero-order valence-corrected chi connectivity index (χ0v) is 13.6. The molecular weight excluding hydrogens is 287 g/mol. The summed E-state index contributed by atoms with van der Waals surface area (Å²) in [6.45, 7) is 4.90. The summed E-state index contributed by atoms with van der Waals surface area (Å²) >= 11 is 1.75. The minimum absolute atomic E-state index is 0.126. The molecule has 1 aromatic rings. The van der Waals surface area contributed by atoms with E-state index >= 15 is 0 Å². The second-order valence-electron chi connectivity index (χ2n) is 5.50. The molecule has 3 nitrogen and oxygen atoms in total. The van der Waals surface area contributed by atoms with Crippen molar-refractivity contribution in [1.29, 1.82) is 0 Å². The number of carbonyl (C=O) groups is 1. The molecule has 0 spiro atoms. The third-order valence-corrected chi connectivity index (χ3v) is 4.82. The number of nitrogens with one attached hydrogen (secondary N) is 1. The van der Waals surface area contributed by atoms with E-state index in [1.165, 1.54) is 12.1 Å². The number of thioether (sulfide) groups is 1. The summed E-state index contributed by atoms with van der Waals surface area (Å²) in [4.78, 5) is 14.5. The van der Waals surface area contributed by atoms with Crippen LogP contribution in [0.5, 0.6) is 0 Å². The van der Waals surface area contributed by atoms with Gasteiger partial charge in [0.05, 0.1) is 6.04 Å². The normalized spacial score (nSPS) is 23.6. The van der Waals surface area contributed by atoms with Crippen molar-refractivity contribution in [1.82, 2.24) is 10.2 Å². The summed E-state index contributed by atoms with van der Waals surface area (Å²) in [7, 11) is 0. The lowest BCUT2D eigenvalue weighted by atomic mass is 10.1. The van der Waals surface area contributed by atoms with E-state index in [1.807, 2.05) is 4.90 Å². The molecule has 1 amide bonds. The van der Waals surface area contributed by atoms with Crippen LogP contribution in [0.1, 0.15) is 38.4 Å². The number of hydrogen-bond donors (Lipinski definition) is 1. The highest BCUT2D eigenvalue weighted by Gasteiger charge is 2.39. The van der Waals surface area contributed by atoms with E-state index in [9.17, 15) is 9.18 Å². The molecule has 0 saturated carbocycles.